The molecule has 0 aromatic heterocycles. The largest absolute Gasteiger partial charge is 0.0843 e. The lowest BCUT2D eigenvalue weighted by molar-refractivity contribution is 0.253. The van der Waals surface area contributed by atoms with Crippen LogP contribution in [-0.2, 0) is 32.1 Å². The van der Waals surface area contributed by atoms with Crippen LogP contribution in [0.15, 0.2) is 72.8 Å². The van der Waals surface area contributed by atoms with E-state index >= 15 is 0 Å². The van der Waals surface area contributed by atoms with Gasteiger partial charge in [0.2, 0.25) is 0 Å². The Bertz CT molecular complexity index is 992. The van der Waals surface area contributed by atoms with Crippen molar-refractivity contribution >= 4 is 11.6 Å². The van der Waals surface area contributed by atoms with Crippen LogP contribution in [0.1, 0.15) is 92.5 Å². The topological polar surface area (TPSA) is 0 Å². The zero-order chi connectivity index (χ0) is 25.0. The maximum atomic E-state index is 6.00. The predicted molar refractivity (Wildman–Crippen MR) is 157 cm³/mol. The van der Waals surface area contributed by atoms with Crippen LogP contribution in [-0.4, -0.2) is 0 Å². The molecule has 3 aromatic carbocycles. The molecule has 192 valence electrons. The van der Waals surface area contributed by atoms with Crippen LogP contribution < -0.4 is 0 Å². The van der Waals surface area contributed by atoms with E-state index in [9.17, 15) is 0 Å². The molecule has 0 N–H and O–H groups in total. The van der Waals surface area contributed by atoms with Crippen LogP contribution in [0.5, 0.6) is 0 Å². The van der Waals surface area contributed by atoms with E-state index in [0.717, 1.165) is 29.7 Å². The van der Waals surface area contributed by atoms with E-state index in [0.29, 0.717) is 0 Å². The van der Waals surface area contributed by atoms with Crippen LogP contribution >= 0.6 is 11.6 Å². The van der Waals surface area contributed by atoms with E-state index in [4.69, 9.17) is 11.6 Å². The molecule has 4 rings (SSSR count). The molecule has 0 nitrogen and oxygen atoms in total. The number of hydrogen-bond donors (Lipinski definition) is 0. The summed E-state index contributed by atoms with van der Waals surface area (Å²) < 4.78 is 0. The monoisotopic (exact) mass is 500 g/mol. The summed E-state index contributed by atoms with van der Waals surface area (Å²) in [5, 5.41) is 0.815. The zero-order valence-electron chi connectivity index (χ0n) is 22.4. The molecule has 0 atom stereocenters. The van der Waals surface area contributed by atoms with Gasteiger partial charge in [-0.2, -0.15) is 0 Å². The number of halogens is 1. The van der Waals surface area contributed by atoms with Gasteiger partial charge in [0.25, 0.3) is 0 Å². The first-order valence-electron chi connectivity index (χ1n) is 14.6. The SMILES string of the molecule is CCCCCc1ccc(CC[C@H]2CC[C@H](CCc3ccc(CCc4ccc(Cl)cc4)cc3)CC2)cc1. The molecule has 1 aliphatic rings. The fourth-order valence-corrected chi connectivity index (χ4v) is 5.94. The first-order chi connectivity index (χ1) is 17.7. The van der Waals surface area contributed by atoms with Gasteiger partial charge in [-0.05, 0) is 103 Å². The minimum atomic E-state index is 0.815. The maximum absolute atomic E-state index is 6.00. The summed E-state index contributed by atoms with van der Waals surface area (Å²) in [5.41, 5.74) is 7.34. The standard InChI is InChI=1S/C35H45Cl/c1-2-3-4-5-28-6-8-29(9-7-28)10-11-30-12-14-31(15-13-30)16-17-32-18-20-33(21-19-32)22-23-34-24-26-35(36)27-25-34/h6-9,18-21,24-27,30-31H,2-5,10-17,22-23H2,1H3/t30-,31-. The summed E-state index contributed by atoms with van der Waals surface area (Å²) in [6.07, 6.45) is 18.3. The molecule has 1 fully saturated rings. The minimum Gasteiger partial charge on any atom is -0.0843 e. The third kappa shape index (κ3) is 9.11. The Hall–Kier alpha value is -2.05. The second-order valence-corrected chi connectivity index (χ2v) is 11.6. The minimum absolute atomic E-state index is 0.815. The lowest BCUT2D eigenvalue weighted by Crippen LogP contribution is -2.15. The Morgan fingerprint density at radius 1 is 0.500 bits per heavy atom. The predicted octanol–water partition coefficient (Wildman–Crippen LogP) is 10.2. The summed E-state index contributed by atoms with van der Waals surface area (Å²) in [6.45, 7) is 2.28. The van der Waals surface area contributed by atoms with Crippen molar-refractivity contribution in [3.63, 3.8) is 0 Å². The molecule has 3 aromatic rings. The van der Waals surface area contributed by atoms with Gasteiger partial charge in [-0.3, -0.25) is 0 Å². The molecule has 0 aliphatic heterocycles. The fraction of sp³-hybridized carbons (Fsp3) is 0.486. The average Bonchev–Trinajstić information content (AvgIpc) is 2.92. The number of hydrogen-bond acceptors (Lipinski definition) is 0. The highest BCUT2D eigenvalue weighted by Gasteiger charge is 2.20. The van der Waals surface area contributed by atoms with E-state index < -0.39 is 0 Å². The summed E-state index contributed by atoms with van der Waals surface area (Å²) in [7, 11) is 0. The lowest BCUT2D eigenvalue weighted by atomic mass is 9.77. The van der Waals surface area contributed by atoms with Gasteiger partial charge in [0, 0.05) is 5.02 Å². The van der Waals surface area contributed by atoms with Crippen molar-refractivity contribution in [2.45, 2.75) is 96.8 Å². The molecular formula is C35H45Cl. The number of unbranched alkanes of at least 4 members (excludes halogenated alkanes) is 2. The molecule has 0 radical (unpaired) electrons. The Kier molecular flexibility index (Phi) is 11.0. The van der Waals surface area contributed by atoms with Gasteiger partial charge in [-0.25, -0.2) is 0 Å². The Balaban J connectivity index is 1.10. The Morgan fingerprint density at radius 3 is 1.28 bits per heavy atom. The highest BCUT2D eigenvalue weighted by atomic mass is 35.5. The van der Waals surface area contributed by atoms with E-state index in [-0.39, 0.29) is 0 Å². The van der Waals surface area contributed by atoms with E-state index in [1.807, 2.05) is 12.1 Å². The quantitative estimate of drug-likeness (QED) is 0.205. The molecule has 1 saturated carbocycles. The van der Waals surface area contributed by atoms with E-state index in [1.54, 1.807) is 0 Å². The second-order valence-electron chi connectivity index (χ2n) is 11.2. The maximum Gasteiger partial charge on any atom is 0.0406 e. The molecule has 0 bridgehead atoms. The molecule has 36 heavy (non-hydrogen) atoms. The van der Waals surface area contributed by atoms with Gasteiger partial charge in [0.15, 0.2) is 0 Å². The van der Waals surface area contributed by atoms with Crippen molar-refractivity contribution in [3.05, 3.63) is 106 Å². The number of rotatable bonds is 13. The molecular weight excluding hydrogens is 456 g/mol. The van der Waals surface area contributed by atoms with Gasteiger partial charge >= 0.3 is 0 Å². The molecule has 1 heteroatoms. The summed E-state index contributed by atoms with van der Waals surface area (Å²) in [5.74, 6) is 1.86. The van der Waals surface area contributed by atoms with Crippen molar-refractivity contribution in [3.8, 4) is 0 Å². The van der Waals surface area contributed by atoms with Crippen LogP contribution in [0.4, 0.5) is 0 Å². The Labute approximate surface area is 225 Å². The molecule has 1 aliphatic carbocycles. The first-order valence-corrected chi connectivity index (χ1v) is 15.0. The van der Waals surface area contributed by atoms with Gasteiger partial charge in [-0.15, -0.1) is 0 Å². The number of benzene rings is 3. The second kappa shape index (κ2) is 14.6. The molecule has 0 spiro atoms. The molecule has 0 saturated heterocycles. The van der Waals surface area contributed by atoms with E-state index in [2.05, 4.69) is 67.6 Å². The lowest BCUT2D eigenvalue weighted by Gasteiger charge is -2.28. The van der Waals surface area contributed by atoms with Gasteiger partial charge in [0.1, 0.15) is 0 Å². The smallest absolute Gasteiger partial charge is 0.0406 e. The van der Waals surface area contributed by atoms with Crippen molar-refractivity contribution < 1.29 is 0 Å². The highest BCUT2D eigenvalue weighted by Crippen LogP contribution is 2.34. The fourth-order valence-electron chi connectivity index (χ4n) is 5.81. The van der Waals surface area contributed by atoms with E-state index in [1.165, 1.54) is 105 Å². The van der Waals surface area contributed by atoms with Crippen LogP contribution in [0, 0.1) is 11.8 Å². The molecule has 0 amide bonds. The van der Waals surface area contributed by atoms with Gasteiger partial charge < -0.3 is 0 Å². The normalized spacial score (nSPS) is 17.8. The highest BCUT2D eigenvalue weighted by molar-refractivity contribution is 6.30. The van der Waals surface area contributed by atoms with Crippen molar-refractivity contribution in [2.75, 3.05) is 0 Å². The van der Waals surface area contributed by atoms with Gasteiger partial charge in [-0.1, -0.05) is 118 Å². The van der Waals surface area contributed by atoms with Crippen molar-refractivity contribution in [1.82, 2.24) is 0 Å². The zero-order valence-corrected chi connectivity index (χ0v) is 23.1. The third-order valence-corrected chi connectivity index (χ3v) is 8.63. The summed E-state index contributed by atoms with van der Waals surface area (Å²) in [4.78, 5) is 0. The average molecular weight is 501 g/mol. The first kappa shape index (κ1) is 27.0. The third-order valence-electron chi connectivity index (χ3n) is 8.38. The van der Waals surface area contributed by atoms with Crippen LogP contribution in [0.2, 0.25) is 5.02 Å². The molecule has 0 heterocycles. The van der Waals surface area contributed by atoms with Crippen LogP contribution in [0.25, 0.3) is 0 Å². The number of aryl methyl sites for hydroxylation is 5. The summed E-state index contributed by atoms with van der Waals surface area (Å²) >= 11 is 6.00. The molecule has 0 unspecified atom stereocenters. The Morgan fingerprint density at radius 2 is 0.861 bits per heavy atom. The van der Waals surface area contributed by atoms with Gasteiger partial charge in [0.05, 0.1) is 0 Å². The van der Waals surface area contributed by atoms with Crippen LogP contribution in [0.3, 0.4) is 0 Å². The van der Waals surface area contributed by atoms with Crippen molar-refractivity contribution in [1.29, 1.82) is 0 Å². The van der Waals surface area contributed by atoms with Crippen molar-refractivity contribution in [2.24, 2.45) is 11.8 Å². The summed E-state index contributed by atoms with van der Waals surface area (Å²) in [6, 6.07) is 27.1.